The van der Waals surface area contributed by atoms with Crippen LogP contribution in [0.1, 0.15) is 6.42 Å². The Bertz CT molecular complexity index is 542. The van der Waals surface area contributed by atoms with Gasteiger partial charge in [0.15, 0.2) is 5.96 Å². The maximum atomic E-state index is 13.0. The van der Waals surface area contributed by atoms with Gasteiger partial charge in [0.2, 0.25) is 0 Å². The van der Waals surface area contributed by atoms with Crippen molar-refractivity contribution in [2.45, 2.75) is 6.42 Å². The highest BCUT2D eigenvalue weighted by Gasteiger charge is 2.21. The fraction of sp³-hybridized carbons (Fsp3) is 0.588. The smallest absolute Gasteiger partial charge is 0.191 e. The zero-order chi connectivity index (χ0) is 16.2. The summed E-state index contributed by atoms with van der Waals surface area (Å²) in [6.07, 6.45) is 1.21. The number of aliphatic imine (C=N–C) groups is 1. The van der Waals surface area contributed by atoms with Gasteiger partial charge in [0, 0.05) is 45.0 Å². The van der Waals surface area contributed by atoms with E-state index in [1.54, 1.807) is 0 Å². The molecule has 0 bridgehead atoms. The minimum Gasteiger partial charge on any atom is -0.370 e. The molecule has 0 radical (unpaired) electrons. The van der Waals surface area contributed by atoms with E-state index in [1.807, 2.05) is 12.1 Å². The first-order valence-corrected chi connectivity index (χ1v) is 8.36. The van der Waals surface area contributed by atoms with Crippen molar-refractivity contribution in [2.75, 3.05) is 57.8 Å². The SMILES string of the molecule is CN1CCC(CN=C(N)N2CCN(c3ccc(F)cc3)CC2)C1.I. The number of nitrogens with zero attached hydrogens (tertiary/aromatic N) is 4. The molecule has 24 heavy (non-hydrogen) atoms. The first-order valence-electron chi connectivity index (χ1n) is 8.36. The summed E-state index contributed by atoms with van der Waals surface area (Å²) in [5, 5.41) is 0. The van der Waals surface area contributed by atoms with E-state index < -0.39 is 0 Å². The van der Waals surface area contributed by atoms with E-state index in [2.05, 4.69) is 26.7 Å². The highest BCUT2D eigenvalue weighted by molar-refractivity contribution is 14.0. The number of benzene rings is 1. The van der Waals surface area contributed by atoms with Crippen LogP contribution in [0.3, 0.4) is 0 Å². The Morgan fingerprint density at radius 1 is 1.17 bits per heavy atom. The number of guanidine groups is 1. The largest absolute Gasteiger partial charge is 0.370 e. The monoisotopic (exact) mass is 447 g/mol. The molecule has 0 aliphatic carbocycles. The summed E-state index contributed by atoms with van der Waals surface area (Å²) in [5.74, 6) is 1.11. The third-order valence-electron chi connectivity index (χ3n) is 4.80. The third-order valence-corrected chi connectivity index (χ3v) is 4.80. The Kier molecular flexibility index (Phi) is 7.09. The molecule has 2 N–H and O–H groups in total. The average Bonchev–Trinajstić information content (AvgIpc) is 2.99. The quantitative estimate of drug-likeness (QED) is 0.437. The van der Waals surface area contributed by atoms with Crippen molar-refractivity contribution in [3.8, 4) is 0 Å². The lowest BCUT2D eigenvalue weighted by molar-refractivity contribution is 0.377. The zero-order valence-corrected chi connectivity index (χ0v) is 16.5. The number of hydrogen-bond donors (Lipinski definition) is 1. The van der Waals surface area contributed by atoms with E-state index in [4.69, 9.17) is 5.73 Å². The number of hydrogen-bond acceptors (Lipinski definition) is 3. The zero-order valence-electron chi connectivity index (χ0n) is 14.2. The van der Waals surface area contributed by atoms with E-state index in [0.29, 0.717) is 11.9 Å². The van der Waals surface area contributed by atoms with Gasteiger partial charge in [-0.3, -0.25) is 4.99 Å². The molecule has 1 atom stereocenters. The summed E-state index contributed by atoms with van der Waals surface area (Å²) in [6, 6.07) is 6.68. The van der Waals surface area contributed by atoms with Gasteiger partial charge in [-0.2, -0.15) is 0 Å². The van der Waals surface area contributed by atoms with Gasteiger partial charge in [-0.15, -0.1) is 24.0 Å². The van der Waals surface area contributed by atoms with Crippen LogP contribution in [-0.2, 0) is 0 Å². The molecule has 2 fully saturated rings. The molecule has 0 saturated carbocycles. The van der Waals surface area contributed by atoms with Gasteiger partial charge in [0.05, 0.1) is 0 Å². The lowest BCUT2D eigenvalue weighted by Gasteiger charge is -2.36. The minimum atomic E-state index is -0.193. The highest BCUT2D eigenvalue weighted by Crippen LogP contribution is 2.17. The second kappa shape index (κ2) is 8.84. The summed E-state index contributed by atoms with van der Waals surface area (Å²) in [7, 11) is 2.15. The van der Waals surface area contributed by atoms with Crippen molar-refractivity contribution < 1.29 is 4.39 Å². The van der Waals surface area contributed by atoms with Crippen LogP contribution >= 0.6 is 24.0 Å². The predicted molar refractivity (Wildman–Crippen MR) is 108 cm³/mol. The van der Waals surface area contributed by atoms with E-state index in [-0.39, 0.29) is 29.8 Å². The number of halogens is 2. The molecule has 0 aromatic heterocycles. The van der Waals surface area contributed by atoms with Crippen LogP contribution < -0.4 is 10.6 Å². The average molecular weight is 447 g/mol. The Hall–Kier alpha value is -1.09. The molecule has 1 aromatic carbocycles. The van der Waals surface area contributed by atoms with Crippen LogP contribution in [0.25, 0.3) is 0 Å². The van der Waals surface area contributed by atoms with Crippen molar-refractivity contribution in [1.82, 2.24) is 9.80 Å². The molecule has 134 valence electrons. The second-order valence-corrected chi connectivity index (χ2v) is 6.57. The Morgan fingerprint density at radius 2 is 1.83 bits per heavy atom. The topological polar surface area (TPSA) is 48.1 Å². The van der Waals surface area contributed by atoms with Crippen molar-refractivity contribution in [3.05, 3.63) is 30.1 Å². The Morgan fingerprint density at radius 3 is 2.42 bits per heavy atom. The van der Waals surface area contributed by atoms with Gasteiger partial charge in [-0.25, -0.2) is 4.39 Å². The molecule has 2 aliphatic rings. The van der Waals surface area contributed by atoms with Crippen LogP contribution in [0, 0.1) is 11.7 Å². The summed E-state index contributed by atoms with van der Waals surface area (Å²) in [4.78, 5) is 11.4. The van der Waals surface area contributed by atoms with E-state index in [9.17, 15) is 4.39 Å². The molecule has 7 heteroatoms. The van der Waals surface area contributed by atoms with E-state index in [0.717, 1.165) is 51.5 Å². The third kappa shape index (κ3) is 4.95. The molecule has 0 amide bonds. The highest BCUT2D eigenvalue weighted by atomic mass is 127. The fourth-order valence-corrected chi connectivity index (χ4v) is 3.34. The molecule has 2 saturated heterocycles. The lowest BCUT2D eigenvalue weighted by atomic mass is 10.1. The summed E-state index contributed by atoms with van der Waals surface area (Å²) in [5.41, 5.74) is 7.22. The number of piperazine rings is 1. The first-order chi connectivity index (χ1) is 11.1. The molecular weight excluding hydrogens is 420 g/mol. The van der Waals surface area contributed by atoms with Crippen LogP contribution in [0.4, 0.5) is 10.1 Å². The Labute approximate surface area is 160 Å². The fourth-order valence-electron chi connectivity index (χ4n) is 3.34. The number of rotatable bonds is 3. The molecule has 0 spiro atoms. The number of anilines is 1. The van der Waals surface area contributed by atoms with Gasteiger partial charge in [0.1, 0.15) is 5.82 Å². The van der Waals surface area contributed by atoms with Crippen molar-refractivity contribution in [1.29, 1.82) is 0 Å². The lowest BCUT2D eigenvalue weighted by Crippen LogP contribution is -2.51. The number of likely N-dealkylation sites (tertiary alicyclic amines) is 1. The van der Waals surface area contributed by atoms with Crippen molar-refractivity contribution in [3.63, 3.8) is 0 Å². The van der Waals surface area contributed by atoms with E-state index >= 15 is 0 Å². The molecule has 1 aromatic rings. The van der Waals surface area contributed by atoms with Crippen LogP contribution in [-0.4, -0.2) is 68.6 Å². The first kappa shape index (κ1) is 19.2. The van der Waals surface area contributed by atoms with Crippen LogP contribution in [0.15, 0.2) is 29.3 Å². The molecule has 2 aliphatic heterocycles. The predicted octanol–water partition coefficient (Wildman–Crippen LogP) is 1.83. The van der Waals surface area contributed by atoms with E-state index in [1.165, 1.54) is 18.6 Å². The maximum Gasteiger partial charge on any atom is 0.191 e. The molecule has 3 rings (SSSR count). The minimum absolute atomic E-state index is 0. The summed E-state index contributed by atoms with van der Waals surface area (Å²) >= 11 is 0. The maximum absolute atomic E-state index is 13.0. The van der Waals surface area contributed by atoms with Crippen LogP contribution in [0.5, 0.6) is 0 Å². The van der Waals surface area contributed by atoms with Gasteiger partial charge in [-0.05, 0) is 50.2 Å². The van der Waals surface area contributed by atoms with Crippen molar-refractivity contribution >= 4 is 35.6 Å². The molecular formula is C17H27FIN5. The summed E-state index contributed by atoms with van der Waals surface area (Å²) < 4.78 is 13.0. The van der Waals surface area contributed by atoms with Gasteiger partial charge < -0.3 is 20.4 Å². The van der Waals surface area contributed by atoms with Gasteiger partial charge >= 0.3 is 0 Å². The van der Waals surface area contributed by atoms with Gasteiger partial charge in [-0.1, -0.05) is 0 Å². The number of nitrogens with two attached hydrogens (primary N) is 1. The molecule has 2 heterocycles. The van der Waals surface area contributed by atoms with Crippen molar-refractivity contribution in [2.24, 2.45) is 16.6 Å². The summed E-state index contributed by atoms with van der Waals surface area (Å²) in [6.45, 7) is 6.59. The molecule has 5 nitrogen and oxygen atoms in total. The standard InChI is InChI=1S/C17H26FN5.HI/c1-21-7-6-14(13-21)12-20-17(19)23-10-8-22(9-11-23)16-4-2-15(18)3-5-16;/h2-5,14H,6-13H2,1H3,(H2,19,20);1H. The normalized spacial score (nSPS) is 22.6. The Balaban J connectivity index is 0.00000208. The van der Waals surface area contributed by atoms with Crippen LogP contribution in [0.2, 0.25) is 0 Å². The second-order valence-electron chi connectivity index (χ2n) is 6.57. The molecule has 1 unspecified atom stereocenters. The van der Waals surface area contributed by atoms with Gasteiger partial charge in [0.25, 0.3) is 0 Å².